The fourth-order valence-electron chi connectivity index (χ4n) is 3.41. The molecule has 1 atom stereocenters. The topological polar surface area (TPSA) is 53.2 Å². The molecule has 0 radical (unpaired) electrons. The zero-order valence-corrected chi connectivity index (χ0v) is 13.8. The van der Waals surface area contributed by atoms with Crippen LogP contribution in [0.3, 0.4) is 0 Å². The first-order valence-electron chi connectivity index (χ1n) is 8.37. The molecule has 0 saturated heterocycles. The molecule has 4 nitrogen and oxygen atoms in total. The molecule has 0 aliphatic heterocycles. The van der Waals surface area contributed by atoms with E-state index in [-0.39, 0.29) is 6.04 Å². The first kappa shape index (κ1) is 14.8. The summed E-state index contributed by atoms with van der Waals surface area (Å²) in [7, 11) is 1.69. The van der Waals surface area contributed by atoms with Gasteiger partial charge in [0.1, 0.15) is 5.75 Å². The van der Waals surface area contributed by atoms with Crippen molar-refractivity contribution in [1.82, 2.24) is 9.97 Å². The molecule has 2 N–H and O–H groups in total. The molecule has 24 heavy (non-hydrogen) atoms. The van der Waals surface area contributed by atoms with Crippen LogP contribution in [0, 0.1) is 0 Å². The van der Waals surface area contributed by atoms with E-state index < -0.39 is 0 Å². The highest BCUT2D eigenvalue weighted by Gasteiger charge is 2.18. The standard InChI is InChI=1S/C20H21N3O/c1-24-20-12-18(17-10-5-11-21-17)23-19(20)13-22-16-9-4-7-14-6-2-3-8-15(14)16/h2-3,5-6,8,10-13,16,21,23H,4,7,9H2,1H3. The van der Waals surface area contributed by atoms with Crippen molar-refractivity contribution >= 4 is 6.21 Å². The van der Waals surface area contributed by atoms with Crippen LogP contribution in [0.5, 0.6) is 5.75 Å². The molecule has 0 amide bonds. The first-order chi connectivity index (χ1) is 11.8. The molecule has 122 valence electrons. The average Bonchev–Trinajstić information content (AvgIpc) is 3.29. The Labute approximate surface area is 141 Å². The maximum absolute atomic E-state index is 5.50. The summed E-state index contributed by atoms with van der Waals surface area (Å²) in [6, 6.07) is 14.9. The summed E-state index contributed by atoms with van der Waals surface area (Å²) < 4.78 is 5.50. The Balaban J connectivity index is 1.63. The normalized spacial score (nSPS) is 17.1. The third-order valence-electron chi connectivity index (χ3n) is 4.64. The molecule has 1 aliphatic carbocycles. The van der Waals surface area contributed by atoms with Gasteiger partial charge in [-0.25, -0.2) is 0 Å². The number of aliphatic imine (C=N–C) groups is 1. The van der Waals surface area contributed by atoms with E-state index in [4.69, 9.17) is 9.73 Å². The Morgan fingerprint density at radius 1 is 1.17 bits per heavy atom. The summed E-state index contributed by atoms with van der Waals surface area (Å²) >= 11 is 0. The zero-order chi connectivity index (χ0) is 16.4. The van der Waals surface area contributed by atoms with Crippen molar-refractivity contribution in [3.05, 3.63) is 65.5 Å². The number of aromatic nitrogens is 2. The lowest BCUT2D eigenvalue weighted by Gasteiger charge is -2.22. The van der Waals surface area contributed by atoms with Crippen molar-refractivity contribution in [2.24, 2.45) is 4.99 Å². The maximum atomic E-state index is 5.50. The lowest BCUT2D eigenvalue weighted by Crippen LogP contribution is -2.08. The molecule has 0 spiro atoms. The number of nitrogens with one attached hydrogen (secondary N) is 2. The van der Waals surface area contributed by atoms with Crippen molar-refractivity contribution in [2.45, 2.75) is 25.3 Å². The van der Waals surface area contributed by atoms with Crippen LogP contribution in [0.25, 0.3) is 11.4 Å². The zero-order valence-electron chi connectivity index (χ0n) is 13.8. The SMILES string of the molecule is COc1cc(-c2ccc[nH]2)[nH]c1C=NC1CCCc2ccccc21. The van der Waals surface area contributed by atoms with E-state index in [1.54, 1.807) is 7.11 Å². The summed E-state index contributed by atoms with van der Waals surface area (Å²) in [6.07, 6.45) is 7.27. The molecule has 3 aromatic rings. The number of fused-ring (bicyclic) bond motifs is 1. The summed E-state index contributed by atoms with van der Waals surface area (Å²) in [5, 5.41) is 0. The molecule has 0 saturated carbocycles. The van der Waals surface area contributed by atoms with Crippen molar-refractivity contribution in [3.8, 4) is 17.1 Å². The number of rotatable bonds is 4. The van der Waals surface area contributed by atoms with Crippen LogP contribution in [-0.4, -0.2) is 23.3 Å². The molecule has 1 unspecified atom stereocenters. The predicted octanol–water partition coefficient (Wildman–Crippen LogP) is 4.51. The number of methoxy groups -OCH3 is 1. The van der Waals surface area contributed by atoms with Crippen LogP contribution < -0.4 is 4.74 Å². The van der Waals surface area contributed by atoms with Gasteiger partial charge in [-0.2, -0.15) is 0 Å². The van der Waals surface area contributed by atoms with Crippen molar-refractivity contribution < 1.29 is 4.74 Å². The molecule has 4 rings (SSSR count). The van der Waals surface area contributed by atoms with Crippen molar-refractivity contribution in [1.29, 1.82) is 0 Å². The van der Waals surface area contributed by atoms with Gasteiger partial charge in [0.15, 0.2) is 0 Å². The van der Waals surface area contributed by atoms with Gasteiger partial charge in [-0.3, -0.25) is 4.99 Å². The van der Waals surface area contributed by atoms with Crippen molar-refractivity contribution in [2.75, 3.05) is 7.11 Å². The highest BCUT2D eigenvalue weighted by atomic mass is 16.5. The third kappa shape index (κ3) is 2.75. The van der Waals surface area contributed by atoms with Gasteiger partial charge in [0.25, 0.3) is 0 Å². The number of ether oxygens (including phenoxy) is 1. The van der Waals surface area contributed by atoms with E-state index in [9.17, 15) is 0 Å². The minimum atomic E-state index is 0.233. The number of aromatic amines is 2. The Kier molecular flexibility index (Phi) is 3.95. The van der Waals surface area contributed by atoms with Gasteiger partial charge in [-0.1, -0.05) is 24.3 Å². The second kappa shape index (κ2) is 6.40. The van der Waals surface area contributed by atoms with Gasteiger partial charge in [-0.05, 0) is 42.5 Å². The molecule has 4 heteroatoms. The van der Waals surface area contributed by atoms with Crippen LogP contribution >= 0.6 is 0 Å². The summed E-state index contributed by atoms with van der Waals surface area (Å²) in [6.45, 7) is 0. The molecule has 0 fully saturated rings. The number of H-pyrrole nitrogens is 2. The molecule has 2 aromatic heterocycles. The van der Waals surface area contributed by atoms with Crippen LogP contribution in [0.4, 0.5) is 0 Å². The summed E-state index contributed by atoms with van der Waals surface area (Å²) in [4.78, 5) is 11.4. The average molecular weight is 319 g/mol. The highest BCUT2D eigenvalue weighted by molar-refractivity contribution is 5.84. The quantitative estimate of drug-likeness (QED) is 0.683. The van der Waals surface area contributed by atoms with Gasteiger partial charge >= 0.3 is 0 Å². The van der Waals surface area contributed by atoms with E-state index in [1.165, 1.54) is 17.5 Å². The fraction of sp³-hybridized carbons (Fsp3) is 0.250. The molecule has 2 heterocycles. The Bertz CT molecular complexity index is 846. The van der Waals surface area contributed by atoms with E-state index in [0.717, 1.165) is 35.7 Å². The van der Waals surface area contributed by atoms with E-state index in [1.807, 2.05) is 30.6 Å². The maximum Gasteiger partial charge on any atom is 0.146 e. The lowest BCUT2D eigenvalue weighted by molar-refractivity contribution is 0.415. The largest absolute Gasteiger partial charge is 0.494 e. The number of aryl methyl sites for hydroxylation is 1. The van der Waals surface area contributed by atoms with Gasteiger partial charge < -0.3 is 14.7 Å². The first-order valence-corrected chi connectivity index (χ1v) is 8.37. The van der Waals surface area contributed by atoms with Gasteiger partial charge in [0.2, 0.25) is 0 Å². The van der Waals surface area contributed by atoms with Crippen LogP contribution in [0.2, 0.25) is 0 Å². The summed E-state index contributed by atoms with van der Waals surface area (Å²) in [5.41, 5.74) is 5.73. The van der Waals surface area contributed by atoms with E-state index in [0.29, 0.717) is 0 Å². The van der Waals surface area contributed by atoms with E-state index in [2.05, 4.69) is 34.2 Å². The Hall–Kier alpha value is -2.75. The minimum Gasteiger partial charge on any atom is -0.494 e. The number of nitrogens with zero attached hydrogens (tertiary/aromatic N) is 1. The number of hydrogen-bond donors (Lipinski definition) is 2. The van der Waals surface area contributed by atoms with Crippen LogP contribution in [-0.2, 0) is 6.42 Å². The summed E-state index contributed by atoms with van der Waals surface area (Å²) in [5.74, 6) is 0.812. The fourth-order valence-corrected chi connectivity index (χ4v) is 3.41. The molecule has 0 bridgehead atoms. The van der Waals surface area contributed by atoms with Crippen LogP contribution in [0.15, 0.2) is 53.7 Å². The molecular formula is C20H21N3O. The van der Waals surface area contributed by atoms with Gasteiger partial charge in [0.05, 0.1) is 30.2 Å². The van der Waals surface area contributed by atoms with Crippen molar-refractivity contribution in [3.63, 3.8) is 0 Å². The Morgan fingerprint density at radius 2 is 2.08 bits per heavy atom. The lowest BCUT2D eigenvalue weighted by atomic mass is 9.88. The van der Waals surface area contributed by atoms with Crippen LogP contribution in [0.1, 0.15) is 35.7 Å². The second-order valence-electron chi connectivity index (χ2n) is 6.13. The van der Waals surface area contributed by atoms with Gasteiger partial charge in [-0.15, -0.1) is 0 Å². The highest BCUT2D eigenvalue weighted by Crippen LogP contribution is 2.33. The second-order valence-corrected chi connectivity index (χ2v) is 6.13. The third-order valence-corrected chi connectivity index (χ3v) is 4.64. The smallest absolute Gasteiger partial charge is 0.146 e. The predicted molar refractivity (Wildman–Crippen MR) is 96.8 cm³/mol. The number of benzene rings is 1. The minimum absolute atomic E-state index is 0.233. The molecule has 1 aliphatic rings. The van der Waals surface area contributed by atoms with Gasteiger partial charge in [0, 0.05) is 18.5 Å². The molecule has 1 aromatic carbocycles. The van der Waals surface area contributed by atoms with E-state index >= 15 is 0 Å². The monoisotopic (exact) mass is 319 g/mol. The number of hydrogen-bond acceptors (Lipinski definition) is 2. The Morgan fingerprint density at radius 3 is 2.92 bits per heavy atom. The molecular weight excluding hydrogens is 298 g/mol.